The maximum absolute atomic E-state index is 13.3. The molecule has 1 saturated heterocycles. The molecule has 9 nitrogen and oxygen atoms in total. The number of furan rings is 1. The van der Waals surface area contributed by atoms with E-state index in [1.807, 2.05) is 0 Å². The highest BCUT2D eigenvalue weighted by Crippen LogP contribution is 2.38. The summed E-state index contributed by atoms with van der Waals surface area (Å²) in [7, 11) is 0. The summed E-state index contributed by atoms with van der Waals surface area (Å²) in [5, 5.41) is 14.4. The quantitative estimate of drug-likeness (QED) is 0.162. The zero-order valence-electron chi connectivity index (χ0n) is 24.1. The fraction of sp³-hybridized carbons (Fsp3) is 0.500. The van der Waals surface area contributed by atoms with Crippen molar-refractivity contribution < 1.29 is 45.2 Å². The number of nitrogens with zero attached hydrogens (tertiary/aromatic N) is 3. The second-order valence-electron chi connectivity index (χ2n) is 11.4. The van der Waals surface area contributed by atoms with Crippen LogP contribution >= 0.6 is 0 Å². The fourth-order valence-electron chi connectivity index (χ4n) is 5.79. The van der Waals surface area contributed by atoms with Crippen LogP contribution in [0.5, 0.6) is 0 Å². The molecule has 0 spiro atoms. The zero-order valence-corrected chi connectivity index (χ0v) is 24.1. The Morgan fingerprint density at radius 1 is 0.956 bits per heavy atom. The Labute approximate surface area is 254 Å². The number of anilines is 1. The van der Waals surface area contributed by atoms with Gasteiger partial charge in [-0.2, -0.15) is 26.3 Å². The van der Waals surface area contributed by atoms with Crippen LogP contribution in [0, 0.1) is 10.1 Å². The van der Waals surface area contributed by atoms with E-state index in [-0.39, 0.29) is 30.3 Å². The third kappa shape index (κ3) is 8.25. The molecular weight excluding hydrogens is 610 g/mol. The summed E-state index contributed by atoms with van der Waals surface area (Å²) in [6, 6.07) is 7.78. The van der Waals surface area contributed by atoms with Gasteiger partial charge >= 0.3 is 12.4 Å². The van der Waals surface area contributed by atoms with E-state index in [4.69, 9.17) is 9.15 Å². The van der Waals surface area contributed by atoms with E-state index in [1.165, 1.54) is 12.1 Å². The van der Waals surface area contributed by atoms with Crippen molar-refractivity contribution in [2.45, 2.75) is 56.6 Å². The number of alkyl halides is 6. The predicted molar refractivity (Wildman–Crippen MR) is 152 cm³/mol. The first-order valence-electron chi connectivity index (χ1n) is 14.6. The van der Waals surface area contributed by atoms with Gasteiger partial charge in [-0.1, -0.05) is 0 Å². The van der Waals surface area contributed by atoms with Crippen LogP contribution in [0.25, 0.3) is 11.0 Å². The number of nitro benzene ring substituents is 1. The molecule has 0 atom stereocenters. The lowest BCUT2D eigenvalue weighted by atomic mass is 9.92. The lowest BCUT2D eigenvalue weighted by molar-refractivity contribution is -0.388. The van der Waals surface area contributed by atoms with E-state index in [9.17, 15) is 41.3 Å². The number of amides is 1. The summed E-state index contributed by atoms with van der Waals surface area (Å²) in [6.45, 7) is 2.88. The molecule has 0 radical (unpaired) electrons. The topological polar surface area (TPSA) is 101 Å². The Bertz CT molecular complexity index is 1510. The monoisotopic (exact) mass is 642 g/mol. The van der Waals surface area contributed by atoms with Gasteiger partial charge in [-0.25, -0.2) is 0 Å². The summed E-state index contributed by atoms with van der Waals surface area (Å²) in [5.41, 5.74) is -2.45. The van der Waals surface area contributed by atoms with E-state index in [0.717, 1.165) is 24.3 Å². The number of hydrogen-bond donors (Lipinski definition) is 1. The summed E-state index contributed by atoms with van der Waals surface area (Å²) < 4.78 is 90.3. The van der Waals surface area contributed by atoms with Crippen LogP contribution in [0.4, 0.5) is 37.7 Å². The SMILES string of the molecule is O=C(CO[C@H]1CC[C@H](Nc2ccc([N+](=O)[O-])c(C(F)(F)F)c2)CC1)N1CCN(CCc2cc3cc(C(F)(F)F)ccc3o2)CC1. The van der Waals surface area contributed by atoms with Crippen molar-refractivity contribution in [2.24, 2.45) is 0 Å². The lowest BCUT2D eigenvalue weighted by Gasteiger charge is -2.35. The van der Waals surface area contributed by atoms with Gasteiger partial charge < -0.3 is 19.4 Å². The fourth-order valence-corrected chi connectivity index (χ4v) is 5.79. The average molecular weight is 643 g/mol. The van der Waals surface area contributed by atoms with Crippen LogP contribution in [0.3, 0.4) is 0 Å². The Hall–Kier alpha value is -3.85. The molecule has 0 unspecified atom stereocenters. The summed E-state index contributed by atoms with van der Waals surface area (Å²) >= 11 is 0. The third-order valence-electron chi connectivity index (χ3n) is 8.28. The van der Waals surface area contributed by atoms with Gasteiger partial charge in [0.1, 0.15) is 23.5 Å². The first-order valence-corrected chi connectivity index (χ1v) is 14.6. The number of carbonyl (C=O) groups is 1. The number of benzene rings is 2. The molecular formula is C30H32F6N4O5. The summed E-state index contributed by atoms with van der Waals surface area (Å²) in [4.78, 5) is 26.6. The number of fused-ring (bicyclic) bond motifs is 1. The number of piperazine rings is 1. The minimum absolute atomic E-state index is 0.0705. The smallest absolute Gasteiger partial charge is 0.423 e. The Morgan fingerprint density at radius 2 is 1.67 bits per heavy atom. The van der Waals surface area contributed by atoms with Gasteiger partial charge in [0.15, 0.2) is 0 Å². The van der Waals surface area contributed by atoms with Crippen molar-refractivity contribution in [1.82, 2.24) is 9.80 Å². The van der Waals surface area contributed by atoms with Crippen molar-refractivity contribution in [1.29, 1.82) is 0 Å². The highest BCUT2D eigenvalue weighted by Gasteiger charge is 2.38. The number of halogens is 6. The molecule has 3 aromatic rings. The molecule has 1 aromatic heterocycles. The average Bonchev–Trinajstić information content (AvgIpc) is 3.41. The molecule has 15 heteroatoms. The highest BCUT2D eigenvalue weighted by atomic mass is 19.4. The van der Waals surface area contributed by atoms with Crippen LogP contribution in [0.1, 0.15) is 42.6 Å². The summed E-state index contributed by atoms with van der Waals surface area (Å²) in [6.07, 6.45) is -6.48. The number of nitrogens with one attached hydrogen (secondary N) is 1. The largest absolute Gasteiger partial charge is 0.461 e. The van der Waals surface area contributed by atoms with Crippen LogP contribution in [0.15, 0.2) is 46.9 Å². The predicted octanol–water partition coefficient (Wildman–Crippen LogP) is 6.51. The molecule has 2 heterocycles. The number of hydrogen-bond acceptors (Lipinski definition) is 7. The van der Waals surface area contributed by atoms with Crippen molar-refractivity contribution in [3.8, 4) is 0 Å². The third-order valence-corrected chi connectivity index (χ3v) is 8.28. The first kappa shape index (κ1) is 32.5. The minimum atomic E-state index is -4.85. The number of rotatable bonds is 9. The van der Waals surface area contributed by atoms with E-state index in [1.54, 1.807) is 11.0 Å². The molecule has 1 N–H and O–H groups in total. The van der Waals surface area contributed by atoms with Gasteiger partial charge in [0, 0.05) is 62.3 Å². The molecule has 2 fully saturated rings. The molecule has 1 aliphatic heterocycles. The summed E-state index contributed by atoms with van der Waals surface area (Å²) in [5.74, 6) is 0.471. The Kier molecular flexibility index (Phi) is 9.58. The normalized spacial score (nSPS) is 20.0. The maximum Gasteiger partial charge on any atom is 0.423 e. The maximum atomic E-state index is 13.3. The van der Waals surface area contributed by atoms with Crippen LogP contribution < -0.4 is 5.32 Å². The van der Waals surface area contributed by atoms with Crippen molar-refractivity contribution in [2.75, 3.05) is 44.6 Å². The lowest BCUT2D eigenvalue weighted by Crippen LogP contribution is -2.50. The second-order valence-corrected chi connectivity index (χ2v) is 11.4. The van der Waals surface area contributed by atoms with Gasteiger partial charge in [0.05, 0.1) is 16.6 Å². The van der Waals surface area contributed by atoms with Crippen LogP contribution in [0.2, 0.25) is 0 Å². The Balaban J connectivity index is 1.01. The van der Waals surface area contributed by atoms with Crippen LogP contribution in [-0.4, -0.2) is 72.1 Å². The number of nitro groups is 1. The van der Waals surface area contributed by atoms with E-state index < -0.39 is 34.1 Å². The zero-order chi connectivity index (χ0) is 32.4. The molecule has 1 aliphatic carbocycles. The number of ether oxygens (including phenoxy) is 1. The van der Waals surface area contributed by atoms with Crippen LogP contribution in [-0.2, 0) is 28.3 Å². The molecule has 5 rings (SSSR count). The van der Waals surface area contributed by atoms with Gasteiger partial charge in [-0.3, -0.25) is 19.8 Å². The molecule has 45 heavy (non-hydrogen) atoms. The van der Waals surface area contributed by atoms with Gasteiger partial charge in [-0.05, 0) is 62.1 Å². The first-order chi connectivity index (χ1) is 21.3. The Morgan fingerprint density at radius 3 is 2.31 bits per heavy atom. The molecule has 0 bridgehead atoms. The minimum Gasteiger partial charge on any atom is -0.461 e. The molecule has 2 aliphatic rings. The van der Waals surface area contributed by atoms with Crippen molar-refractivity contribution in [3.05, 3.63) is 69.5 Å². The van der Waals surface area contributed by atoms with Gasteiger partial charge in [0.2, 0.25) is 5.91 Å². The van der Waals surface area contributed by atoms with Crippen molar-refractivity contribution in [3.63, 3.8) is 0 Å². The number of carbonyl (C=O) groups excluding carboxylic acids is 1. The standard InChI is InChI=1S/C30H32F6N4O5/c31-29(32,33)20-1-8-27-19(15-20)16-24(45-27)9-10-38-11-13-39(14-12-38)28(41)18-44-23-5-2-21(3-6-23)37-22-4-7-26(40(42)43)25(17-22)30(34,35)36/h1,4,7-8,15-17,21,23,37H,2-3,5-6,9-14,18H2/t21-,23-. The molecule has 1 amide bonds. The highest BCUT2D eigenvalue weighted by molar-refractivity contribution is 5.79. The second kappa shape index (κ2) is 13.3. The van der Waals surface area contributed by atoms with Crippen molar-refractivity contribution >= 4 is 28.3 Å². The van der Waals surface area contributed by atoms with E-state index in [0.29, 0.717) is 81.6 Å². The van der Waals surface area contributed by atoms with E-state index >= 15 is 0 Å². The molecule has 1 saturated carbocycles. The molecule has 2 aromatic carbocycles. The molecule has 244 valence electrons. The van der Waals surface area contributed by atoms with Gasteiger partial charge in [-0.15, -0.1) is 0 Å². The van der Waals surface area contributed by atoms with Gasteiger partial charge in [0.25, 0.3) is 5.69 Å². The van der Waals surface area contributed by atoms with E-state index in [2.05, 4.69) is 10.2 Å².